The van der Waals surface area contributed by atoms with Crippen molar-refractivity contribution in [3.8, 4) is 0 Å². The number of carbonyl (C=O) groups excluding carboxylic acids is 1. The molecule has 0 unspecified atom stereocenters. The van der Waals surface area contributed by atoms with Gasteiger partial charge in [0, 0.05) is 5.56 Å². The first-order valence-corrected chi connectivity index (χ1v) is 7.09. The summed E-state index contributed by atoms with van der Waals surface area (Å²) in [5, 5.41) is 0. The van der Waals surface area contributed by atoms with Crippen LogP contribution in [0.4, 0.5) is 0 Å². The number of aryl methyl sites for hydroxylation is 1. The summed E-state index contributed by atoms with van der Waals surface area (Å²) in [5.41, 5.74) is 4.99. The molecule has 0 aliphatic heterocycles. The molecule has 0 aliphatic carbocycles. The molecule has 2 aromatic rings. The SMILES string of the molecule is C=C(C)c1ccccc1C(C)=O.Cc1ccccc1CON. The lowest BCUT2D eigenvalue weighted by atomic mass is 10.00. The Kier molecular flexibility index (Phi) is 7.23. The first-order chi connectivity index (χ1) is 10.5. The van der Waals surface area contributed by atoms with E-state index in [2.05, 4.69) is 11.4 Å². The lowest BCUT2D eigenvalue weighted by Gasteiger charge is -2.04. The molecule has 0 aromatic heterocycles. The van der Waals surface area contributed by atoms with Crippen LogP contribution in [0.25, 0.3) is 5.57 Å². The van der Waals surface area contributed by atoms with Crippen LogP contribution < -0.4 is 5.90 Å². The van der Waals surface area contributed by atoms with Crippen LogP contribution in [0.3, 0.4) is 0 Å². The van der Waals surface area contributed by atoms with Crippen molar-refractivity contribution < 1.29 is 9.63 Å². The number of ketones is 1. The van der Waals surface area contributed by atoms with Gasteiger partial charge in [0.15, 0.2) is 5.78 Å². The summed E-state index contributed by atoms with van der Waals surface area (Å²) in [6.45, 7) is 9.82. The summed E-state index contributed by atoms with van der Waals surface area (Å²) in [4.78, 5) is 15.6. The maximum absolute atomic E-state index is 11.1. The zero-order valence-corrected chi connectivity index (χ0v) is 13.4. The van der Waals surface area contributed by atoms with E-state index in [-0.39, 0.29) is 5.78 Å². The van der Waals surface area contributed by atoms with Gasteiger partial charge < -0.3 is 0 Å². The van der Waals surface area contributed by atoms with Crippen molar-refractivity contribution in [3.63, 3.8) is 0 Å². The maximum atomic E-state index is 11.1. The normalized spacial score (nSPS) is 9.64. The molecule has 0 atom stereocenters. The maximum Gasteiger partial charge on any atom is 0.160 e. The number of hydrogen-bond acceptors (Lipinski definition) is 3. The van der Waals surface area contributed by atoms with Crippen molar-refractivity contribution in [2.24, 2.45) is 5.90 Å². The second-order valence-corrected chi connectivity index (χ2v) is 5.12. The highest BCUT2D eigenvalue weighted by molar-refractivity contribution is 5.98. The Hall–Kier alpha value is -2.23. The minimum Gasteiger partial charge on any atom is -0.300 e. The van der Waals surface area contributed by atoms with Crippen LogP contribution >= 0.6 is 0 Å². The molecule has 0 saturated heterocycles. The van der Waals surface area contributed by atoms with E-state index in [1.807, 2.05) is 62.4 Å². The fourth-order valence-electron chi connectivity index (χ4n) is 2.02. The van der Waals surface area contributed by atoms with Crippen molar-refractivity contribution in [1.82, 2.24) is 0 Å². The van der Waals surface area contributed by atoms with Crippen LogP contribution in [0, 0.1) is 6.92 Å². The van der Waals surface area contributed by atoms with Crippen molar-refractivity contribution >= 4 is 11.4 Å². The van der Waals surface area contributed by atoms with Gasteiger partial charge in [-0.25, -0.2) is 5.90 Å². The summed E-state index contributed by atoms with van der Waals surface area (Å²) in [7, 11) is 0. The number of hydrogen-bond donors (Lipinski definition) is 1. The minimum atomic E-state index is 0.0913. The predicted octanol–water partition coefficient (Wildman–Crippen LogP) is 4.31. The van der Waals surface area contributed by atoms with Gasteiger partial charge in [0.05, 0.1) is 6.61 Å². The molecule has 0 fully saturated rings. The second kappa shape index (κ2) is 8.93. The van der Waals surface area contributed by atoms with Crippen LogP contribution in [0.2, 0.25) is 0 Å². The van der Waals surface area contributed by atoms with Crippen molar-refractivity contribution in [3.05, 3.63) is 77.4 Å². The lowest BCUT2D eigenvalue weighted by molar-refractivity contribution is 0.101. The van der Waals surface area contributed by atoms with E-state index in [9.17, 15) is 4.79 Å². The van der Waals surface area contributed by atoms with Crippen LogP contribution in [0.5, 0.6) is 0 Å². The number of carbonyl (C=O) groups is 1. The van der Waals surface area contributed by atoms with Gasteiger partial charge >= 0.3 is 0 Å². The third-order valence-corrected chi connectivity index (χ3v) is 3.27. The summed E-state index contributed by atoms with van der Waals surface area (Å²) in [5.74, 6) is 5.02. The van der Waals surface area contributed by atoms with Gasteiger partial charge in [-0.15, -0.1) is 0 Å². The van der Waals surface area contributed by atoms with Crippen molar-refractivity contribution in [2.75, 3.05) is 0 Å². The average molecular weight is 297 g/mol. The van der Waals surface area contributed by atoms with Crippen LogP contribution in [-0.2, 0) is 11.4 Å². The highest BCUT2D eigenvalue weighted by atomic mass is 16.6. The first kappa shape index (κ1) is 17.8. The van der Waals surface area contributed by atoms with E-state index < -0.39 is 0 Å². The standard InChI is InChI=1S/C11H12O.C8H11NO/c1-8(2)10-6-4-5-7-11(10)9(3)12;1-7-4-2-3-5-8(7)6-10-9/h4-7H,1H2,2-3H3;2-5H,6,9H2,1H3. The summed E-state index contributed by atoms with van der Waals surface area (Å²) in [6, 6.07) is 15.5. The predicted molar refractivity (Wildman–Crippen MR) is 91.3 cm³/mol. The highest BCUT2D eigenvalue weighted by Crippen LogP contribution is 2.17. The summed E-state index contributed by atoms with van der Waals surface area (Å²) < 4.78 is 0. The smallest absolute Gasteiger partial charge is 0.160 e. The Labute approximate surface area is 132 Å². The van der Waals surface area contributed by atoms with Gasteiger partial charge in [-0.1, -0.05) is 60.7 Å². The quantitative estimate of drug-likeness (QED) is 0.676. The lowest BCUT2D eigenvalue weighted by Crippen LogP contribution is -1.99. The molecule has 0 bridgehead atoms. The van der Waals surface area contributed by atoms with Gasteiger partial charge in [0.25, 0.3) is 0 Å². The number of rotatable bonds is 4. The zero-order chi connectivity index (χ0) is 16.5. The second-order valence-electron chi connectivity index (χ2n) is 5.12. The molecule has 0 amide bonds. The molecule has 0 radical (unpaired) electrons. The fourth-order valence-corrected chi connectivity index (χ4v) is 2.02. The Morgan fingerprint density at radius 3 is 2.05 bits per heavy atom. The minimum absolute atomic E-state index is 0.0913. The first-order valence-electron chi connectivity index (χ1n) is 7.09. The van der Waals surface area contributed by atoms with Crippen LogP contribution in [0.15, 0.2) is 55.1 Å². The van der Waals surface area contributed by atoms with Gasteiger partial charge in [-0.3, -0.25) is 9.63 Å². The fraction of sp³-hybridized carbons (Fsp3) is 0.211. The molecule has 3 heteroatoms. The molecule has 0 saturated carbocycles. The number of allylic oxidation sites excluding steroid dienone is 1. The molecule has 0 heterocycles. The Morgan fingerprint density at radius 2 is 1.59 bits per heavy atom. The Bertz CT molecular complexity index is 614. The number of Topliss-reactive ketones (excluding diaryl/α,β-unsaturated/α-hetero) is 1. The third-order valence-electron chi connectivity index (χ3n) is 3.27. The molecule has 2 rings (SSSR count). The summed E-state index contributed by atoms with van der Waals surface area (Å²) in [6.07, 6.45) is 0. The van der Waals surface area contributed by atoms with Gasteiger partial charge in [0.2, 0.25) is 0 Å². The number of benzene rings is 2. The topological polar surface area (TPSA) is 52.3 Å². The van der Waals surface area contributed by atoms with Crippen molar-refractivity contribution in [1.29, 1.82) is 0 Å². The van der Waals surface area contributed by atoms with Gasteiger partial charge in [-0.2, -0.15) is 0 Å². The Morgan fingerprint density at radius 1 is 1.05 bits per heavy atom. The van der Waals surface area contributed by atoms with E-state index >= 15 is 0 Å². The average Bonchev–Trinajstić information content (AvgIpc) is 2.50. The molecular weight excluding hydrogens is 274 g/mol. The number of nitrogens with two attached hydrogens (primary N) is 1. The van der Waals surface area contributed by atoms with E-state index in [0.717, 1.165) is 22.3 Å². The monoisotopic (exact) mass is 297 g/mol. The van der Waals surface area contributed by atoms with E-state index in [4.69, 9.17) is 5.90 Å². The molecule has 2 N–H and O–H groups in total. The zero-order valence-electron chi connectivity index (χ0n) is 13.4. The molecule has 22 heavy (non-hydrogen) atoms. The van der Waals surface area contributed by atoms with E-state index in [0.29, 0.717) is 6.61 Å². The van der Waals surface area contributed by atoms with Gasteiger partial charge in [0.1, 0.15) is 0 Å². The largest absolute Gasteiger partial charge is 0.300 e. The molecular formula is C19H23NO2. The molecule has 116 valence electrons. The van der Waals surface area contributed by atoms with E-state index in [1.54, 1.807) is 6.92 Å². The van der Waals surface area contributed by atoms with Crippen LogP contribution in [-0.4, -0.2) is 5.78 Å². The molecule has 0 aliphatic rings. The molecule has 2 aromatic carbocycles. The molecule has 3 nitrogen and oxygen atoms in total. The third kappa shape index (κ3) is 5.28. The van der Waals surface area contributed by atoms with E-state index in [1.165, 1.54) is 5.56 Å². The Balaban J connectivity index is 0.000000224. The van der Waals surface area contributed by atoms with Crippen molar-refractivity contribution in [2.45, 2.75) is 27.4 Å². The summed E-state index contributed by atoms with van der Waals surface area (Å²) >= 11 is 0. The molecule has 0 spiro atoms. The van der Waals surface area contributed by atoms with Crippen LogP contribution in [0.1, 0.15) is 40.9 Å². The van der Waals surface area contributed by atoms with Gasteiger partial charge in [-0.05, 0) is 37.5 Å². The highest BCUT2D eigenvalue weighted by Gasteiger charge is 2.05.